The van der Waals surface area contributed by atoms with Gasteiger partial charge in [-0.2, -0.15) is 0 Å². The summed E-state index contributed by atoms with van der Waals surface area (Å²) >= 11 is 0. The number of aromatic nitrogens is 2. The first-order chi connectivity index (χ1) is 5.58. The van der Waals surface area contributed by atoms with E-state index in [0.717, 1.165) is 5.69 Å². The Kier molecular flexibility index (Phi) is 2.49. The molecule has 0 aliphatic rings. The van der Waals surface area contributed by atoms with Gasteiger partial charge in [-0.3, -0.25) is 0 Å². The van der Waals surface area contributed by atoms with Crippen molar-refractivity contribution in [3.8, 4) is 0 Å². The molecule has 12 heavy (non-hydrogen) atoms. The van der Waals surface area contributed by atoms with Crippen LogP contribution < -0.4 is 5.90 Å². The average molecular weight is 169 g/mol. The molecular formula is C8H15N3O. The zero-order valence-corrected chi connectivity index (χ0v) is 7.74. The fourth-order valence-electron chi connectivity index (χ4n) is 1.29. The fourth-order valence-corrected chi connectivity index (χ4v) is 1.29. The molecule has 0 amide bonds. The topological polar surface area (TPSA) is 53.1 Å². The standard InChI is InChI=1S/C8H15N3O/c1-8(2,5-12-9)7-4-10-6-11(7)3/h4,6H,5,9H2,1-3H3. The van der Waals surface area contributed by atoms with Crippen LogP contribution in [-0.4, -0.2) is 16.2 Å². The van der Waals surface area contributed by atoms with Gasteiger partial charge >= 0.3 is 0 Å². The third-order valence-electron chi connectivity index (χ3n) is 1.95. The van der Waals surface area contributed by atoms with Gasteiger partial charge in [-0.05, 0) is 0 Å². The van der Waals surface area contributed by atoms with Gasteiger partial charge in [0, 0.05) is 24.4 Å². The second-order valence-electron chi connectivity index (χ2n) is 3.58. The quantitative estimate of drug-likeness (QED) is 0.674. The van der Waals surface area contributed by atoms with Crippen LogP contribution in [0.5, 0.6) is 0 Å². The van der Waals surface area contributed by atoms with Crippen LogP contribution in [0.2, 0.25) is 0 Å². The van der Waals surface area contributed by atoms with Crippen molar-refractivity contribution >= 4 is 0 Å². The Labute approximate surface area is 72.3 Å². The lowest BCUT2D eigenvalue weighted by molar-refractivity contribution is 0.0939. The molecule has 0 saturated carbocycles. The monoisotopic (exact) mass is 169 g/mol. The van der Waals surface area contributed by atoms with Crippen LogP contribution in [-0.2, 0) is 17.3 Å². The number of hydrogen-bond acceptors (Lipinski definition) is 3. The van der Waals surface area contributed by atoms with Gasteiger partial charge in [0.25, 0.3) is 0 Å². The van der Waals surface area contributed by atoms with Gasteiger partial charge in [0.2, 0.25) is 0 Å². The summed E-state index contributed by atoms with van der Waals surface area (Å²) in [4.78, 5) is 8.68. The summed E-state index contributed by atoms with van der Waals surface area (Å²) < 4.78 is 1.97. The number of nitrogens with zero attached hydrogens (tertiary/aromatic N) is 2. The van der Waals surface area contributed by atoms with E-state index in [9.17, 15) is 0 Å². The largest absolute Gasteiger partial charge is 0.337 e. The molecule has 0 radical (unpaired) electrons. The highest BCUT2D eigenvalue weighted by molar-refractivity contribution is 5.11. The molecule has 0 bridgehead atoms. The zero-order valence-electron chi connectivity index (χ0n) is 7.74. The summed E-state index contributed by atoms with van der Waals surface area (Å²) in [6.07, 6.45) is 3.60. The third-order valence-corrected chi connectivity index (χ3v) is 1.95. The Morgan fingerprint density at radius 2 is 2.33 bits per heavy atom. The summed E-state index contributed by atoms with van der Waals surface area (Å²) in [5, 5.41) is 0. The van der Waals surface area contributed by atoms with Crippen LogP contribution in [0.4, 0.5) is 0 Å². The lowest BCUT2D eigenvalue weighted by Gasteiger charge is -2.23. The summed E-state index contributed by atoms with van der Waals surface area (Å²) in [5.41, 5.74) is 1.04. The first-order valence-corrected chi connectivity index (χ1v) is 3.86. The SMILES string of the molecule is Cn1cncc1C(C)(C)CON. The lowest BCUT2D eigenvalue weighted by Crippen LogP contribution is -2.28. The molecule has 0 saturated heterocycles. The minimum absolute atomic E-state index is 0.0833. The minimum Gasteiger partial charge on any atom is -0.337 e. The van der Waals surface area contributed by atoms with Gasteiger partial charge in [-0.1, -0.05) is 13.8 Å². The predicted molar refractivity (Wildman–Crippen MR) is 46.4 cm³/mol. The van der Waals surface area contributed by atoms with Gasteiger partial charge in [0.05, 0.1) is 12.9 Å². The molecule has 0 unspecified atom stereocenters. The summed E-state index contributed by atoms with van der Waals surface area (Å²) in [5.74, 6) is 5.04. The molecule has 0 aromatic carbocycles. The van der Waals surface area contributed by atoms with E-state index in [2.05, 4.69) is 23.7 Å². The summed E-state index contributed by atoms with van der Waals surface area (Å²) in [7, 11) is 1.96. The number of imidazole rings is 1. The van der Waals surface area contributed by atoms with E-state index >= 15 is 0 Å². The number of nitrogens with two attached hydrogens (primary N) is 1. The smallest absolute Gasteiger partial charge is 0.0945 e. The molecular weight excluding hydrogens is 154 g/mol. The number of hydrogen-bond donors (Lipinski definition) is 1. The maximum Gasteiger partial charge on any atom is 0.0945 e. The predicted octanol–water partition coefficient (Wildman–Crippen LogP) is 0.588. The van der Waals surface area contributed by atoms with Crippen molar-refractivity contribution in [1.82, 2.24) is 9.55 Å². The van der Waals surface area contributed by atoms with Crippen molar-refractivity contribution in [3.05, 3.63) is 18.2 Å². The van der Waals surface area contributed by atoms with Crippen molar-refractivity contribution in [3.63, 3.8) is 0 Å². The van der Waals surface area contributed by atoms with Crippen LogP contribution in [0.15, 0.2) is 12.5 Å². The molecule has 0 fully saturated rings. The fraction of sp³-hybridized carbons (Fsp3) is 0.625. The summed E-state index contributed by atoms with van der Waals surface area (Å²) in [6.45, 7) is 4.63. The maximum atomic E-state index is 5.04. The first-order valence-electron chi connectivity index (χ1n) is 3.86. The Hall–Kier alpha value is -0.870. The molecule has 68 valence electrons. The van der Waals surface area contributed by atoms with E-state index < -0.39 is 0 Å². The van der Waals surface area contributed by atoms with E-state index in [0.29, 0.717) is 6.61 Å². The maximum absolute atomic E-state index is 5.04. The van der Waals surface area contributed by atoms with Gasteiger partial charge < -0.3 is 9.40 Å². The number of aryl methyl sites for hydroxylation is 1. The molecule has 1 aromatic rings. The Morgan fingerprint density at radius 1 is 1.67 bits per heavy atom. The Morgan fingerprint density at radius 3 is 2.75 bits per heavy atom. The highest BCUT2D eigenvalue weighted by Gasteiger charge is 2.23. The highest BCUT2D eigenvalue weighted by atomic mass is 16.6. The third kappa shape index (κ3) is 1.65. The molecule has 1 aromatic heterocycles. The average Bonchev–Trinajstić information content (AvgIpc) is 2.35. The minimum atomic E-state index is -0.0833. The zero-order chi connectivity index (χ0) is 9.19. The molecule has 1 heterocycles. The molecule has 0 aliphatic heterocycles. The van der Waals surface area contributed by atoms with Crippen molar-refractivity contribution in [2.45, 2.75) is 19.3 Å². The van der Waals surface area contributed by atoms with Gasteiger partial charge in [-0.15, -0.1) is 0 Å². The van der Waals surface area contributed by atoms with Crippen LogP contribution >= 0.6 is 0 Å². The normalized spacial score (nSPS) is 12.0. The van der Waals surface area contributed by atoms with Gasteiger partial charge in [0.1, 0.15) is 0 Å². The second-order valence-corrected chi connectivity index (χ2v) is 3.58. The first kappa shape index (κ1) is 9.22. The van der Waals surface area contributed by atoms with Crippen molar-refractivity contribution < 1.29 is 4.84 Å². The molecule has 2 N–H and O–H groups in total. The molecule has 0 spiro atoms. The van der Waals surface area contributed by atoms with E-state index in [-0.39, 0.29) is 5.41 Å². The van der Waals surface area contributed by atoms with E-state index in [1.165, 1.54) is 0 Å². The Balaban J connectivity index is 2.88. The van der Waals surface area contributed by atoms with Crippen molar-refractivity contribution in [1.29, 1.82) is 0 Å². The Bertz CT molecular complexity index is 255. The highest BCUT2D eigenvalue weighted by Crippen LogP contribution is 2.21. The molecule has 0 aliphatic carbocycles. The number of rotatable bonds is 3. The van der Waals surface area contributed by atoms with Crippen molar-refractivity contribution in [2.75, 3.05) is 6.61 Å². The van der Waals surface area contributed by atoms with Crippen LogP contribution in [0, 0.1) is 0 Å². The molecule has 4 heteroatoms. The van der Waals surface area contributed by atoms with E-state index in [4.69, 9.17) is 5.90 Å². The van der Waals surface area contributed by atoms with E-state index in [1.54, 1.807) is 6.33 Å². The summed E-state index contributed by atoms with van der Waals surface area (Å²) in [6, 6.07) is 0. The second kappa shape index (κ2) is 3.25. The molecule has 0 atom stereocenters. The van der Waals surface area contributed by atoms with Gasteiger partial charge in [0.15, 0.2) is 0 Å². The molecule has 4 nitrogen and oxygen atoms in total. The van der Waals surface area contributed by atoms with E-state index in [1.807, 2.05) is 17.8 Å². The van der Waals surface area contributed by atoms with Crippen LogP contribution in [0.25, 0.3) is 0 Å². The lowest BCUT2D eigenvalue weighted by atomic mass is 9.91. The van der Waals surface area contributed by atoms with Crippen molar-refractivity contribution in [2.24, 2.45) is 12.9 Å². The van der Waals surface area contributed by atoms with Gasteiger partial charge in [-0.25, -0.2) is 10.9 Å². The molecule has 1 rings (SSSR count). The van der Waals surface area contributed by atoms with Crippen LogP contribution in [0.3, 0.4) is 0 Å². The van der Waals surface area contributed by atoms with Crippen LogP contribution in [0.1, 0.15) is 19.5 Å².